The van der Waals surface area contributed by atoms with E-state index in [1.165, 1.54) is 38.6 Å². The third-order valence-corrected chi connectivity index (χ3v) is 7.24. The fourth-order valence-electron chi connectivity index (χ4n) is 5.63. The average Bonchev–Trinajstić information content (AvgIpc) is 3.38. The van der Waals surface area contributed by atoms with E-state index in [1.54, 1.807) is 0 Å². The Morgan fingerprint density at radius 1 is 0.900 bits per heavy atom. The molecule has 150 valence electrons. The van der Waals surface area contributed by atoms with Gasteiger partial charge in [-0.3, -0.25) is 0 Å². The highest BCUT2D eigenvalue weighted by Crippen LogP contribution is 2.55. The summed E-state index contributed by atoms with van der Waals surface area (Å²) in [6.07, 6.45) is 4.53. The Balaban J connectivity index is 1.47. The molecule has 3 aromatic carbocycles. The van der Waals surface area contributed by atoms with Gasteiger partial charge in [-0.1, -0.05) is 62.4 Å². The van der Waals surface area contributed by atoms with E-state index >= 15 is 0 Å². The highest BCUT2D eigenvalue weighted by molar-refractivity contribution is 6.08. The van der Waals surface area contributed by atoms with Crippen molar-refractivity contribution in [3.63, 3.8) is 0 Å². The van der Waals surface area contributed by atoms with Crippen molar-refractivity contribution >= 4 is 33.6 Å². The lowest BCUT2D eigenvalue weighted by molar-refractivity contribution is 0.000337. The first kappa shape index (κ1) is 17.8. The van der Waals surface area contributed by atoms with E-state index in [0.29, 0.717) is 0 Å². The van der Waals surface area contributed by atoms with Crippen LogP contribution in [0.25, 0.3) is 27.9 Å². The summed E-state index contributed by atoms with van der Waals surface area (Å²) in [4.78, 5) is 2.44. The Morgan fingerprint density at radius 3 is 2.57 bits per heavy atom. The van der Waals surface area contributed by atoms with Gasteiger partial charge in [0.05, 0.1) is 6.61 Å². The van der Waals surface area contributed by atoms with Crippen molar-refractivity contribution in [1.29, 1.82) is 0 Å². The van der Waals surface area contributed by atoms with Crippen LogP contribution in [0, 0.1) is 0 Å². The molecule has 2 aliphatic rings. The second-order valence-electron chi connectivity index (χ2n) is 9.02. The summed E-state index contributed by atoms with van der Waals surface area (Å²) in [6, 6.07) is 24.1. The molecule has 1 unspecified atom stereocenters. The number of para-hydroxylation sites is 2. The quantitative estimate of drug-likeness (QED) is 0.423. The summed E-state index contributed by atoms with van der Waals surface area (Å²) in [5.41, 5.74) is 5.83. The Bertz CT molecular complexity index is 1330. The number of aryl methyl sites for hydroxylation is 1. The molecule has 3 nitrogen and oxygen atoms in total. The smallest absolute Gasteiger partial charge is 0.170 e. The molecule has 1 atom stereocenters. The van der Waals surface area contributed by atoms with Gasteiger partial charge in [0.15, 0.2) is 5.72 Å². The molecule has 1 aromatic heterocycles. The third-order valence-electron chi connectivity index (χ3n) is 7.24. The molecule has 0 aliphatic carbocycles. The monoisotopic (exact) mass is 394 g/mol. The molecule has 3 heterocycles. The summed E-state index contributed by atoms with van der Waals surface area (Å²) < 4.78 is 8.75. The molecule has 1 saturated heterocycles. The fraction of sp³-hybridized carbons (Fsp3) is 0.259. The Labute approximate surface area is 177 Å². The maximum atomic E-state index is 6.48. The normalized spacial score (nSPS) is 22.3. The lowest BCUT2D eigenvalue weighted by Gasteiger charge is -2.39. The maximum absolute atomic E-state index is 6.48. The van der Waals surface area contributed by atoms with E-state index < -0.39 is 5.72 Å². The molecular formula is C27H26N2O. The van der Waals surface area contributed by atoms with Crippen molar-refractivity contribution in [3.8, 4) is 0 Å². The number of hydrogen-bond donors (Lipinski definition) is 0. The zero-order valence-electron chi connectivity index (χ0n) is 17.7. The van der Waals surface area contributed by atoms with Gasteiger partial charge in [-0.2, -0.15) is 0 Å². The maximum Gasteiger partial charge on any atom is 0.170 e. The Morgan fingerprint density at radius 2 is 1.67 bits per heavy atom. The molecule has 30 heavy (non-hydrogen) atoms. The first-order chi connectivity index (χ1) is 14.5. The van der Waals surface area contributed by atoms with Crippen LogP contribution in [-0.4, -0.2) is 23.4 Å². The summed E-state index contributed by atoms with van der Waals surface area (Å²) >= 11 is 0. The van der Waals surface area contributed by atoms with E-state index in [1.807, 2.05) is 0 Å². The number of ether oxygens (including phenoxy) is 1. The SMILES string of the molecule is Cn1c2ccccc2c2cc(C=CC34OCCN3c3ccccc3C4(C)C)ccc21. The van der Waals surface area contributed by atoms with E-state index in [-0.39, 0.29) is 5.41 Å². The lowest BCUT2D eigenvalue weighted by atomic mass is 9.77. The van der Waals surface area contributed by atoms with Gasteiger partial charge in [0.25, 0.3) is 0 Å². The first-order valence-electron chi connectivity index (χ1n) is 10.7. The van der Waals surface area contributed by atoms with Crippen molar-refractivity contribution in [2.75, 3.05) is 18.1 Å². The molecule has 0 bridgehead atoms. The molecule has 1 fully saturated rings. The van der Waals surface area contributed by atoms with Gasteiger partial charge >= 0.3 is 0 Å². The number of fused-ring (bicyclic) bond motifs is 6. The summed E-state index contributed by atoms with van der Waals surface area (Å²) in [5, 5.41) is 2.60. The molecule has 0 saturated carbocycles. The Hall–Kier alpha value is -3.04. The van der Waals surface area contributed by atoms with Gasteiger partial charge in [0, 0.05) is 46.5 Å². The minimum Gasteiger partial charge on any atom is -0.349 e. The number of nitrogens with zero attached hydrogens (tertiary/aromatic N) is 2. The fourth-order valence-corrected chi connectivity index (χ4v) is 5.63. The zero-order valence-corrected chi connectivity index (χ0v) is 17.7. The van der Waals surface area contributed by atoms with Crippen LogP contribution in [0.4, 0.5) is 5.69 Å². The molecule has 0 radical (unpaired) electrons. The molecule has 4 aromatic rings. The van der Waals surface area contributed by atoms with E-state index in [4.69, 9.17) is 4.74 Å². The largest absolute Gasteiger partial charge is 0.349 e. The molecule has 0 amide bonds. The van der Waals surface area contributed by atoms with Crippen LogP contribution in [0.5, 0.6) is 0 Å². The van der Waals surface area contributed by atoms with Crippen molar-refractivity contribution in [1.82, 2.24) is 4.57 Å². The highest BCUT2D eigenvalue weighted by Gasteiger charge is 2.58. The first-order valence-corrected chi connectivity index (χ1v) is 10.7. The molecule has 6 rings (SSSR count). The topological polar surface area (TPSA) is 17.4 Å². The van der Waals surface area contributed by atoms with Gasteiger partial charge in [-0.05, 0) is 41.5 Å². The summed E-state index contributed by atoms with van der Waals surface area (Å²) in [5.74, 6) is 0. The van der Waals surface area contributed by atoms with Gasteiger partial charge in [-0.15, -0.1) is 0 Å². The minimum absolute atomic E-state index is 0.125. The Kier molecular flexibility index (Phi) is 3.55. The molecular weight excluding hydrogens is 368 g/mol. The van der Waals surface area contributed by atoms with Crippen LogP contribution < -0.4 is 4.90 Å². The molecule has 0 N–H and O–H groups in total. The van der Waals surface area contributed by atoms with Gasteiger partial charge < -0.3 is 14.2 Å². The second kappa shape index (κ2) is 5.99. The number of rotatable bonds is 2. The summed E-state index contributed by atoms with van der Waals surface area (Å²) in [7, 11) is 2.14. The predicted molar refractivity (Wildman–Crippen MR) is 125 cm³/mol. The van der Waals surface area contributed by atoms with Crippen molar-refractivity contribution < 1.29 is 4.74 Å². The number of anilines is 1. The van der Waals surface area contributed by atoms with Crippen molar-refractivity contribution in [3.05, 3.63) is 83.9 Å². The zero-order chi connectivity index (χ0) is 20.5. The van der Waals surface area contributed by atoms with E-state index in [2.05, 4.69) is 109 Å². The van der Waals surface area contributed by atoms with Crippen LogP contribution in [0.3, 0.4) is 0 Å². The van der Waals surface area contributed by atoms with Gasteiger partial charge in [0.1, 0.15) is 0 Å². The van der Waals surface area contributed by atoms with Gasteiger partial charge in [-0.25, -0.2) is 0 Å². The second-order valence-corrected chi connectivity index (χ2v) is 9.02. The average molecular weight is 395 g/mol. The van der Waals surface area contributed by atoms with Gasteiger partial charge in [0.2, 0.25) is 0 Å². The minimum atomic E-state index is -0.440. The van der Waals surface area contributed by atoms with Crippen molar-refractivity contribution in [2.45, 2.75) is 25.0 Å². The standard InChI is InChI=1S/C27H26N2O/c1-26(2)22-9-5-7-11-25(22)29-16-17-30-27(26,29)15-14-19-12-13-24-21(18-19)20-8-4-6-10-23(20)28(24)3/h4-15,18H,16-17H2,1-3H3. The van der Waals surface area contributed by atoms with E-state index in [0.717, 1.165) is 13.2 Å². The van der Waals surface area contributed by atoms with E-state index in [9.17, 15) is 0 Å². The van der Waals surface area contributed by atoms with Crippen LogP contribution in [-0.2, 0) is 17.2 Å². The lowest BCUT2D eigenvalue weighted by Crippen LogP contribution is -2.51. The summed E-state index contributed by atoms with van der Waals surface area (Å²) in [6.45, 7) is 6.28. The molecule has 3 heteroatoms. The highest BCUT2D eigenvalue weighted by atomic mass is 16.5. The number of aromatic nitrogens is 1. The number of benzene rings is 3. The van der Waals surface area contributed by atoms with Crippen LogP contribution in [0.15, 0.2) is 72.8 Å². The molecule has 0 spiro atoms. The van der Waals surface area contributed by atoms with Crippen molar-refractivity contribution in [2.24, 2.45) is 7.05 Å². The predicted octanol–water partition coefficient (Wildman–Crippen LogP) is 5.87. The molecule has 2 aliphatic heterocycles. The third kappa shape index (κ3) is 2.13. The van der Waals surface area contributed by atoms with Crippen LogP contribution >= 0.6 is 0 Å². The number of hydrogen-bond acceptors (Lipinski definition) is 2. The van der Waals surface area contributed by atoms with Crippen LogP contribution in [0.2, 0.25) is 0 Å². The van der Waals surface area contributed by atoms with Crippen LogP contribution in [0.1, 0.15) is 25.0 Å².